The van der Waals surface area contributed by atoms with E-state index >= 15 is 0 Å². The third kappa shape index (κ3) is 7.45. The first kappa shape index (κ1) is 17.7. The molecule has 0 fully saturated rings. The van der Waals surface area contributed by atoms with Crippen LogP contribution >= 0.6 is 23.5 Å². The zero-order valence-corrected chi connectivity index (χ0v) is 13.3. The largest absolute Gasteiger partial charge is 0.441 e. The summed E-state index contributed by atoms with van der Waals surface area (Å²) in [5.41, 5.74) is -2.95. The number of hydrogen-bond donors (Lipinski definition) is 1. The van der Waals surface area contributed by atoms with Crippen LogP contribution in [0.25, 0.3) is 0 Å². The molecule has 1 atom stereocenters. The molecular formula is C14H20F3NS2. The van der Waals surface area contributed by atoms with E-state index < -0.39 is 5.51 Å². The maximum absolute atomic E-state index is 12.0. The molecule has 20 heavy (non-hydrogen) atoms. The van der Waals surface area contributed by atoms with Crippen molar-refractivity contribution < 1.29 is 13.2 Å². The van der Waals surface area contributed by atoms with Crippen LogP contribution in [0.1, 0.15) is 31.9 Å². The maximum atomic E-state index is 12.0. The summed E-state index contributed by atoms with van der Waals surface area (Å²) in [5, 5.41) is 3.40. The Balaban J connectivity index is 2.43. The topological polar surface area (TPSA) is 12.0 Å². The van der Waals surface area contributed by atoms with E-state index in [0.29, 0.717) is 5.75 Å². The van der Waals surface area contributed by atoms with Crippen LogP contribution in [-0.2, 0) is 0 Å². The van der Waals surface area contributed by atoms with Crippen molar-refractivity contribution in [1.82, 2.24) is 5.32 Å². The number of nitrogens with one attached hydrogen (secondary N) is 1. The third-order valence-electron chi connectivity index (χ3n) is 2.68. The molecule has 0 spiro atoms. The van der Waals surface area contributed by atoms with Gasteiger partial charge >= 0.3 is 5.51 Å². The monoisotopic (exact) mass is 323 g/mol. The molecule has 0 aliphatic rings. The summed E-state index contributed by atoms with van der Waals surface area (Å²) in [7, 11) is 0. The van der Waals surface area contributed by atoms with E-state index in [9.17, 15) is 13.2 Å². The molecule has 1 unspecified atom stereocenters. The third-order valence-corrected chi connectivity index (χ3v) is 4.67. The van der Waals surface area contributed by atoms with Crippen LogP contribution in [-0.4, -0.2) is 23.6 Å². The normalized spacial score (nSPS) is 13.4. The Kier molecular flexibility index (Phi) is 7.84. The molecule has 1 N–H and O–H groups in total. The van der Waals surface area contributed by atoms with Gasteiger partial charge in [0.25, 0.3) is 0 Å². The lowest BCUT2D eigenvalue weighted by Gasteiger charge is -2.14. The Morgan fingerprint density at radius 1 is 1.25 bits per heavy atom. The molecule has 0 bridgehead atoms. The summed E-state index contributed by atoms with van der Waals surface area (Å²) < 4.78 is 36.0. The van der Waals surface area contributed by atoms with Gasteiger partial charge in [-0.05, 0) is 37.6 Å². The number of thioether (sulfide) groups is 2. The lowest BCUT2D eigenvalue weighted by atomic mass is 10.1. The van der Waals surface area contributed by atoms with Crippen LogP contribution in [0.3, 0.4) is 0 Å². The molecule has 0 heterocycles. The van der Waals surface area contributed by atoms with Crippen LogP contribution in [0.2, 0.25) is 0 Å². The molecule has 0 aliphatic heterocycles. The second-order valence-corrected chi connectivity index (χ2v) is 6.72. The van der Waals surface area contributed by atoms with Crippen LogP contribution in [0.4, 0.5) is 13.2 Å². The van der Waals surface area contributed by atoms with Crippen LogP contribution < -0.4 is 5.32 Å². The molecule has 0 saturated carbocycles. The molecule has 0 aliphatic carbocycles. The van der Waals surface area contributed by atoms with Crippen LogP contribution in [0.15, 0.2) is 29.2 Å². The van der Waals surface area contributed by atoms with Gasteiger partial charge in [0.05, 0.1) is 0 Å². The number of benzene rings is 1. The average Bonchev–Trinajstić information content (AvgIpc) is 2.40. The van der Waals surface area contributed by atoms with Crippen molar-refractivity contribution in [3.63, 3.8) is 0 Å². The van der Waals surface area contributed by atoms with E-state index in [-0.39, 0.29) is 23.6 Å². The van der Waals surface area contributed by atoms with E-state index in [1.54, 1.807) is 0 Å². The Morgan fingerprint density at radius 3 is 2.65 bits per heavy atom. The van der Waals surface area contributed by atoms with Crippen molar-refractivity contribution in [1.29, 1.82) is 0 Å². The standard InChI is InChI=1S/C14H20F3NS2/c1-3-7-18-11(2)12-5-4-6-13(10-12)19-8-9-20-14(15,16)17/h4-6,10-11,18H,3,7-9H2,1-2H3. The van der Waals surface area contributed by atoms with Crippen molar-refractivity contribution in [3.8, 4) is 0 Å². The summed E-state index contributed by atoms with van der Waals surface area (Å²) in [6.07, 6.45) is 1.08. The molecule has 0 radical (unpaired) electrons. The minimum Gasteiger partial charge on any atom is -0.310 e. The Bertz CT molecular complexity index is 396. The fraction of sp³-hybridized carbons (Fsp3) is 0.571. The summed E-state index contributed by atoms with van der Waals surface area (Å²) in [5.74, 6) is 0.548. The van der Waals surface area contributed by atoms with Gasteiger partial charge in [-0.2, -0.15) is 13.2 Å². The summed E-state index contributed by atoms with van der Waals surface area (Å²) in [6.45, 7) is 5.17. The van der Waals surface area contributed by atoms with E-state index in [2.05, 4.69) is 25.2 Å². The van der Waals surface area contributed by atoms with Gasteiger partial charge in [-0.1, -0.05) is 30.8 Å². The molecule has 1 aromatic rings. The summed E-state index contributed by atoms with van der Waals surface area (Å²) in [4.78, 5) is 1.02. The van der Waals surface area contributed by atoms with Gasteiger partial charge < -0.3 is 5.32 Å². The highest BCUT2D eigenvalue weighted by Gasteiger charge is 2.27. The van der Waals surface area contributed by atoms with E-state index in [1.807, 2.05) is 18.2 Å². The highest BCUT2D eigenvalue weighted by Crippen LogP contribution is 2.31. The second-order valence-electron chi connectivity index (χ2n) is 4.39. The van der Waals surface area contributed by atoms with Crippen molar-refractivity contribution in [3.05, 3.63) is 29.8 Å². The number of hydrogen-bond acceptors (Lipinski definition) is 3. The predicted octanol–water partition coefficient (Wildman–Crippen LogP) is 5.09. The first-order valence-electron chi connectivity index (χ1n) is 6.59. The van der Waals surface area contributed by atoms with Crippen LogP contribution in [0.5, 0.6) is 0 Å². The average molecular weight is 323 g/mol. The van der Waals surface area contributed by atoms with Gasteiger partial charge in [-0.15, -0.1) is 11.8 Å². The minimum atomic E-state index is -4.12. The molecule has 0 amide bonds. The van der Waals surface area contributed by atoms with Crippen molar-refractivity contribution in [2.45, 2.75) is 36.7 Å². The SMILES string of the molecule is CCCNC(C)c1cccc(SCCSC(F)(F)F)c1. The molecule has 114 valence electrons. The van der Waals surface area contributed by atoms with Gasteiger partial charge in [0, 0.05) is 22.4 Å². The van der Waals surface area contributed by atoms with Crippen molar-refractivity contribution >= 4 is 23.5 Å². The summed E-state index contributed by atoms with van der Waals surface area (Å²) >= 11 is 1.51. The van der Waals surface area contributed by atoms with Gasteiger partial charge in [0.2, 0.25) is 0 Å². The number of rotatable bonds is 8. The molecule has 1 rings (SSSR count). The van der Waals surface area contributed by atoms with Gasteiger partial charge in [0.15, 0.2) is 0 Å². The van der Waals surface area contributed by atoms with Crippen LogP contribution in [0, 0.1) is 0 Å². The van der Waals surface area contributed by atoms with Gasteiger partial charge in [-0.3, -0.25) is 0 Å². The Hall–Kier alpha value is -0.330. The van der Waals surface area contributed by atoms with Crippen molar-refractivity contribution in [2.24, 2.45) is 0 Å². The molecule has 1 nitrogen and oxygen atoms in total. The Labute approximate surface area is 127 Å². The molecule has 0 aromatic heterocycles. The maximum Gasteiger partial charge on any atom is 0.441 e. The predicted molar refractivity (Wildman–Crippen MR) is 82.4 cm³/mol. The van der Waals surface area contributed by atoms with E-state index in [4.69, 9.17) is 0 Å². The van der Waals surface area contributed by atoms with E-state index in [1.165, 1.54) is 17.3 Å². The van der Waals surface area contributed by atoms with Crippen molar-refractivity contribution in [2.75, 3.05) is 18.1 Å². The molecule has 1 aromatic carbocycles. The first-order valence-corrected chi connectivity index (χ1v) is 8.56. The second kappa shape index (κ2) is 8.85. The van der Waals surface area contributed by atoms with Gasteiger partial charge in [-0.25, -0.2) is 0 Å². The van der Waals surface area contributed by atoms with Gasteiger partial charge in [0.1, 0.15) is 0 Å². The number of alkyl halides is 3. The summed E-state index contributed by atoms with van der Waals surface area (Å²) in [6, 6.07) is 8.26. The first-order chi connectivity index (χ1) is 9.42. The lowest BCUT2D eigenvalue weighted by molar-refractivity contribution is -0.0326. The smallest absolute Gasteiger partial charge is 0.310 e. The highest BCUT2D eigenvalue weighted by molar-refractivity contribution is 8.03. The fourth-order valence-corrected chi connectivity index (χ4v) is 3.20. The van der Waals surface area contributed by atoms with E-state index in [0.717, 1.165) is 17.9 Å². The molecular weight excluding hydrogens is 303 g/mol. The zero-order valence-electron chi connectivity index (χ0n) is 11.7. The Morgan fingerprint density at radius 2 is 2.00 bits per heavy atom. The quantitative estimate of drug-likeness (QED) is 0.528. The fourth-order valence-electron chi connectivity index (χ4n) is 1.67. The molecule has 6 heteroatoms. The molecule has 0 saturated heterocycles. The number of halogens is 3. The minimum absolute atomic E-state index is 0.0412. The zero-order chi connectivity index (χ0) is 15.0. The lowest BCUT2D eigenvalue weighted by Crippen LogP contribution is -2.19. The highest BCUT2D eigenvalue weighted by atomic mass is 32.2.